The van der Waals surface area contributed by atoms with Gasteiger partial charge in [-0.3, -0.25) is 0 Å². The Balaban J connectivity index is 3.64. The monoisotopic (exact) mass is 255 g/mol. The van der Waals surface area contributed by atoms with E-state index in [1.54, 1.807) is 34.5 Å². The summed E-state index contributed by atoms with van der Waals surface area (Å²) in [5.74, 6) is 2.09. The standard InChI is InChI=1S/C13H21NO4/c1-13(2,14)8-7-9(15-3)11(17-5)12(18-6)10(8)16-4/h7H,14H2,1-6H3. The molecule has 0 heterocycles. The van der Waals surface area contributed by atoms with Crippen LogP contribution in [0.4, 0.5) is 0 Å². The first-order chi connectivity index (χ1) is 8.40. The van der Waals surface area contributed by atoms with E-state index in [2.05, 4.69) is 0 Å². The summed E-state index contributed by atoms with van der Waals surface area (Å²) < 4.78 is 21.3. The second kappa shape index (κ2) is 5.35. The highest BCUT2D eigenvalue weighted by molar-refractivity contribution is 5.64. The van der Waals surface area contributed by atoms with Crippen LogP contribution in [0.25, 0.3) is 0 Å². The fourth-order valence-electron chi connectivity index (χ4n) is 1.81. The molecule has 0 aliphatic carbocycles. The van der Waals surface area contributed by atoms with E-state index in [4.69, 9.17) is 24.7 Å². The summed E-state index contributed by atoms with van der Waals surface area (Å²) in [7, 11) is 6.23. The minimum absolute atomic E-state index is 0.480. The van der Waals surface area contributed by atoms with Gasteiger partial charge in [-0.15, -0.1) is 0 Å². The molecule has 0 unspecified atom stereocenters. The summed E-state index contributed by atoms with van der Waals surface area (Å²) in [5, 5.41) is 0. The molecule has 0 aromatic heterocycles. The van der Waals surface area contributed by atoms with E-state index in [1.165, 1.54) is 0 Å². The highest BCUT2D eigenvalue weighted by Gasteiger charge is 2.28. The third kappa shape index (κ3) is 2.46. The van der Waals surface area contributed by atoms with Crippen LogP contribution >= 0.6 is 0 Å². The summed E-state index contributed by atoms with van der Waals surface area (Å²) in [5.41, 5.74) is 6.35. The molecule has 1 aromatic rings. The second-order valence-corrected chi connectivity index (χ2v) is 4.45. The van der Waals surface area contributed by atoms with Crippen molar-refractivity contribution < 1.29 is 18.9 Å². The van der Waals surface area contributed by atoms with Gasteiger partial charge in [-0.2, -0.15) is 0 Å². The van der Waals surface area contributed by atoms with Gasteiger partial charge in [0.25, 0.3) is 0 Å². The molecule has 0 spiro atoms. The first-order valence-electron chi connectivity index (χ1n) is 5.57. The van der Waals surface area contributed by atoms with E-state index in [0.29, 0.717) is 23.0 Å². The van der Waals surface area contributed by atoms with Gasteiger partial charge < -0.3 is 24.7 Å². The van der Waals surface area contributed by atoms with E-state index in [-0.39, 0.29) is 0 Å². The molecule has 0 aliphatic heterocycles. The lowest BCUT2D eigenvalue weighted by atomic mass is 9.93. The van der Waals surface area contributed by atoms with Crippen LogP contribution in [-0.2, 0) is 5.54 Å². The molecule has 1 aromatic carbocycles. The predicted octanol–water partition coefficient (Wildman–Crippen LogP) is 1.91. The van der Waals surface area contributed by atoms with Crippen LogP contribution in [0.3, 0.4) is 0 Å². The average Bonchev–Trinajstić information content (AvgIpc) is 2.34. The molecule has 5 heteroatoms. The number of hydrogen-bond acceptors (Lipinski definition) is 5. The molecular formula is C13H21NO4. The summed E-state index contributed by atoms with van der Waals surface area (Å²) >= 11 is 0. The molecule has 0 aliphatic rings. The van der Waals surface area contributed by atoms with Gasteiger partial charge in [-0.1, -0.05) is 0 Å². The Hall–Kier alpha value is -1.62. The molecule has 0 amide bonds. The Kier molecular flexibility index (Phi) is 4.29. The third-order valence-corrected chi connectivity index (χ3v) is 2.68. The third-order valence-electron chi connectivity index (χ3n) is 2.68. The van der Waals surface area contributed by atoms with Crippen molar-refractivity contribution in [1.29, 1.82) is 0 Å². The molecule has 18 heavy (non-hydrogen) atoms. The van der Waals surface area contributed by atoms with Crippen molar-refractivity contribution >= 4 is 0 Å². The Morgan fingerprint density at radius 3 is 1.67 bits per heavy atom. The van der Waals surface area contributed by atoms with Gasteiger partial charge in [0.2, 0.25) is 11.5 Å². The van der Waals surface area contributed by atoms with Gasteiger partial charge in [-0.05, 0) is 19.9 Å². The van der Waals surface area contributed by atoms with Gasteiger partial charge in [0.05, 0.1) is 28.4 Å². The van der Waals surface area contributed by atoms with Crippen LogP contribution in [0.5, 0.6) is 23.0 Å². The van der Waals surface area contributed by atoms with Gasteiger partial charge in [0.15, 0.2) is 11.5 Å². The summed E-state index contributed by atoms with van der Waals surface area (Å²) in [6, 6.07) is 1.81. The van der Waals surface area contributed by atoms with Crippen LogP contribution < -0.4 is 24.7 Å². The first kappa shape index (κ1) is 14.4. The number of hydrogen-bond donors (Lipinski definition) is 1. The minimum Gasteiger partial charge on any atom is -0.493 e. The summed E-state index contributed by atoms with van der Waals surface area (Å²) in [6.07, 6.45) is 0. The number of rotatable bonds is 5. The molecule has 0 bridgehead atoms. The van der Waals surface area contributed by atoms with Crippen LogP contribution in [0.1, 0.15) is 19.4 Å². The van der Waals surface area contributed by atoms with E-state index < -0.39 is 5.54 Å². The number of benzene rings is 1. The van der Waals surface area contributed by atoms with Crippen LogP contribution in [-0.4, -0.2) is 28.4 Å². The van der Waals surface area contributed by atoms with Gasteiger partial charge in [0.1, 0.15) is 0 Å². The van der Waals surface area contributed by atoms with Crippen molar-refractivity contribution in [3.8, 4) is 23.0 Å². The lowest BCUT2D eigenvalue weighted by Crippen LogP contribution is -2.29. The van der Waals surface area contributed by atoms with E-state index in [1.807, 2.05) is 13.8 Å². The zero-order valence-electron chi connectivity index (χ0n) is 11.8. The topological polar surface area (TPSA) is 62.9 Å². The molecule has 0 saturated heterocycles. The first-order valence-corrected chi connectivity index (χ1v) is 5.57. The number of ether oxygens (including phenoxy) is 4. The van der Waals surface area contributed by atoms with Crippen molar-refractivity contribution in [2.75, 3.05) is 28.4 Å². The molecule has 0 atom stereocenters. The van der Waals surface area contributed by atoms with Gasteiger partial charge >= 0.3 is 0 Å². The number of methoxy groups -OCH3 is 4. The molecule has 102 valence electrons. The maximum Gasteiger partial charge on any atom is 0.207 e. The molecule has 0 radical (unpaired) electrons. The molecule has 0 fully saturated rings. The largest absolute Gasteiger partial charge is 0.493 e. The lowest BCUT2D eigenvalue weighted by Gasteiger charge is -2.25. The summed E-state index contributed by atoms with van der Waals surface area (Å²) in [6.45, 7) is 3.77. The Bertz CT molecular complexity index is 424. The van der Waals surface area contributed by atoms with Crippen molar-refractivity contribution in [3.63, 3.8) is 0 Å². The van der Waals surface area contributed by atoms with Crippen molar-refractivity contribution in [3.05, 3.63) is 11.6 Å². The lowest BCUT2D eigenvalue weighted by molar-refractivity contribution is 0.299. The Morgan fingerprint density at radius 1 is 0.833 bits per heavy atom. The number of nitrogens with two attached hydrogens (primary N) is 1. The molecule has 1 rings (SSSR count). The summed E-state index contributed by atoms with van der Waals surface area (Å²) in [4.78, 5) is 0. The fourth-order valence-corrected chi connectivity index (χ4v) is 1.81. The van der Waals surface area contributed by atoms with E-state index >= 15 is 0 Å². The molecular weight excluding hydrogens is 234 g/mol. The SMILES string of the molecule is COc1cc(C(C)(C)N)c(OC)c(OC)c1OC. The maximum atomic E-state index is 6.14. The maximum absolute atomic E-state index is 6.14. The van der Waals surface area contributed by atoms with Gasteiger partial charge in [-0.25, -0.2) is 0 Å². The second-order valence-electron chi connectivity index (χ2n) is 4.45. The van der Waals surface area contributed by atoms with Crippen LogP contribution in [0, 0.1) is 0 Å². The Labute approximate surface area is 108 Å². The van der Waals surface area contributed by atoms with Crippen LogP contribution in [0.2, 0.25) is 0 Å². The van der Waals surface area contributed by atoms with E-state index in [9.17, 15) is 0 Å². The molecule has 0 saturated carbocycles. The highest BCUT2D eigenvalue weighted by Crippen LogP contribution is 2.48. The van der Waals surface area contributed by atoms with Crippen molar-refractivity contribution in [1.82, 2.24) is 0 Å². The zero-order valence-corrected chi connectivity index (χ0v) is 11.8. The normalized spacial score (nSPS) is 11.1. The average molecular weight is 255 g/mol. The van der Waals surface area contributed by atoms with Crippen molar-refractivity contribution in [2.24, 2.45) is 5.73 Å². The van der Waals surface area contributed by atoms with Gasteiger partial charge in [0, 0.05) is 11.1 Å². The fraction of sp³-hybridized carbons (Fsp3) is 0.538. The zero-order chi connectivity index (χ0) is 13.9. The highest BCUT2D eigenvalue weighted by atomic mass is 16.5. The minimum atomic E-state index is -0.585. The molecule has 5 nitrogen and oxygen atoms in total. The van der Waals surface area contributed by atoms with E-state index in [0.717, 1.165) is 5.56 Å². The smallest absolute Gasteiger partial charge is 0.207 e. The quantitative estimate of drug-likeness (QED) is 0.870. The van der Waals surface area contributed by atoms with Crippen molar-refractivity contribution in [2.45, 2.75) is 19.4 Å². The molecule has 2 N–H and O–H groups in total. The van der Waals surface area contributed by atoms with Crippen LogP contribution in [0.15, 0.2) is 6.07 Å². The predicted molar refractivity (Wildman–Crippen MR) is 69.9 cm³/mol. The Morgan fingerprint density at radius 2 is 1.33 bits per heavy atom.